The number of aromatic nitrogens is 2. The number of nitrogens with zero attached hydrogens (tertiary/aromatic N) is 3. The van der Waals surface area contributed by atoms with Gasteiger partial charge in [0.15, 0.2) is 11.6 Å². The number of esters is 3. The number of hydrogen-bond donors (Lipinski definition) is 1. The monoisotopic (exact) mass is 596 g/mol. The Morgan fingerprint density at radius 3 is 1.88 bits per heavy atom. The third-order valence-corrected chi connectivity index (χ3v) is 10.0. The molecule has 0 aromatic carbocycles. The van der Waals surface area contributed by atoms with Gasteiger partial charge in [-0.05, 0) is 51.0 Å². The first-order valence-corrected chi connectivity index (χ1v) is 16.2. The molecule has 5 rings (SSSR count). The summed E-state index contributed by atoms with van der Waals surface area (Å²) in [7, 11) is 0. The number of nitriles is 1. The fourth-order valence-corrected chi connectivity index (χ4v) is 7.52. The van der Waals surface area contributed by atoms with Crippen LogP contribution in [0.3, 0.4) is 0 Å². The highest BCUT2D eigenvalue weighted by molar-refractivity contribution is 5.74. The van der Waals surface area contributed by atoms with Gasteiger partial charge in [0.05, 0.1) is 30.4 Å². The highest BCUT2D eigenvalue weighted by Gasteiger charge is 2.61. The average Bonchev–Trinajstić information content (AvgIpc) is 3.33. The van der Waals surface area contributed by atoms with Gasteiger partial charge in [-0.1, -0.05) is 57.8 Å². The van der Waals surface area contributed by atoms with Crippen LogP contribution in [0.25, 0.3) is 0 Å². The first-order valence-electron chi connectivity index (χ1n) is 16.2. The van der Waals surface area contributed by atoms with Gasteiger partial charge in [-0.15, -0.1) is 0 Å². The molecule has 4 aliphatic carbocycles. The maximum Gasteiger partial charge on any atom is 0.350 e. The molecule has 0 saturated heterocycles. The number of hydrogen-bond acceptors (Lipinski definition) is 10. The smallest absolute Gasteiger partial charge is 0.350 e. The second kappa shape index (κ2) is 13.9. The van der Waals surface area contributed by atoms with Crippen molar-refractivity contribution in [3.63, 3.8) is 0 Å². The zero-order chi connectivity index (χ0) is 30.4. The van der Waals surface area contributed by atoms with Crippen LogP contribution in [0.2, 0.25) is 0 Å². The summed E-state index contributed by atoms with van der Waals surface area (Å²) in [6.45, 7) is -0.129. The van der Waals surface area contributed by atoms with Crippen LogP contribution in [0.5, 0.6) is 0 Å². The maximum absolute atomic E-state index is 13.6. The van der Waals surface area contributed by atoms with Crippen molar-refractivity contribution in [3.05, 3.63) is 22.7 Å². The van der Waals surface area contributed by atoms with Crippen LogP contribution >= 0.6 is 0 Å². The summed E-state index contributed by atoms with van der Waals surface area (Å²) in [4.78, 5) is 57.1. The fourth-order valence-electron chi connectivity index (χ4n) is 7.52. The van der Waals surface area contributed by atoms with Gasteiger partial charge in [-0.3, -0.25) is 19.0 Å². The van der Waals surface area contributed by atoms with E-state index in [9.17, 15) is 24.4 Å². The molecule has 0 radical (unpaired) electrons. The van der Waals surface area contributed by atoms with E-state index in [-0.39, 0.29) is 42.6 Å². The lowest BCUT2D eigenvalue weighted by molar-refractivity contribution is -0.180. The molecule has 0 amide bonds. The molecule has 4 saturated carbocycles. The molecule has 1 aromatic heterocycles. The van der Waals surface area contributed by atoms with Crippen molar-refractivity contribution >= 4 is 23.7 Å². The third kappa shape index (κ3) is 6.89. The minimum Gasteiger partial charge on any atom is -0.465 e. The topological polar surface area (TPSA) is 164 Å². The second-order valence-electron chi connectivity index (χ2n) is 12.9. The molecular weight excluding hydrogens is 552 g/mol. The second-order valence-corrected chi connectivity index (χ2v) is 12.9. The van der Waals surface area contributed by atoms with Crippen LogP contribution in [0, 0.1) is 35.0 Å². The Morgan fingerprint density at radius 2 is 1.37 bits per heavy atom. The standard InChI is InChI=1S/C32H44N4O7/c33-20-32(36-17-16-25(34)35-31(36)40)18-24(19-41-28(37)21-10-4-1-5-11-21)26(42-29(38)22-12-6-2-7-13-22)27(32)43-30(39)23-14-8-3-9-15-23/h16-17,21-24,26-27H,1-15,18-19H2,(H2,34,35,40)/t24-,26?,27?,32+/m1/s1. The summed E-state index contributed by atoms with van der Waals surface area (Å²) in [5.74, 6) is -2.73. The average molecular weight is 597 g/mol. The number of rotatable bonds is 8. The Balaban J connectivity index is 1.49. The summed E-state index contributed by atoms with van der Waals surface area (Å²) >= 11 is 0. The van der Waals surface area contributed by atoms with Gasteiger partial charge in [0, 0.05) is 12.1 Å². The predicted octanol–water partition coefficient (Wildman–Crippen LogP) is 4.17. The molecule has 1 heterocycles. The minimum atomic E-state index is -1.75. The number of anilines is 1. The van der Waals surface area contributed by atoms with Crippen LogP contribution in [-0.4, -0.2) is 46.3 Å². The third-order valence-electron chi connectivity index (χ3n) is 10.0. The van der Waals surface area contributed by atoms with E-state index in [4.69, 9.17) is 19.9 Å². The molecule has 43 heavy (non-hydrogen) atoms. The molecule has 2 N–H and O–H groups in total. The molecule has 4 aliphatic rings. The van der Waals surface area contributed by atoms with Crippen molar-refractivity contribution in [1.29, 1.82) is 5.26 Å². The van der Waals surface area contributed by atoms with Crippen molar-refractivity contribution in [2.24, 2.45) is 23.7 Å². The molecule has 1 aromatic rings. The van der Waals surface area contributed by atoms with Crippen molar-refractivity contribution in [1.82, 2.24) is 9.55 Å². The van der Waals surface area contributed by atoms with Crippen molar-refractivity contribution in [2.45, 2.75) is 120 Å². The zero-order valence-corrected chi connectivity index (χ0v) is 24.9. The number of nitrogen functional groups attached to an aromatic ring is 1. The van der Waals surface area contributed by atoms with E-state index >= 15 is 0 Å². The number of carbonyl (C=O) groups is 3. The van der Waals surface area contributed by atoms with Crippen molar-refractivity contribution in [3.8, 4) is 6.07 Å². The zero-order valence-electron chi connectivity index (χ0n) is 24.9. The Hall–Kier alpha value is -3.42. The van der Waals surface area contributed by atoms with Crippen LogP contribution in [0.15, 0.2) is 17.1 Å². The predicted molar refractivity (Wildman–Crippen MR) is 155 cm³/mol. The van der Waals surface area contributed by atoms with Crippen LogP contribution in [0.4, 0.5) is 5.82 Å². The molecule has 0 bridgehead atoms. The first kappa shape index (κ1) is 31.0. The molecule has 2 unspecified atom stereocenters. The molecule has 0 aliphatic heterocycles. The maximum atomic E-state index is 13.6. The lowest BCUT2D eigenvalue weighted by Gasteiger charge is -2.34. The summed E-state index contributed by atoms with van der Waals surface area (Å²) in [5, 5.41) is 10.7. The minimum absolute atomic E-state index is 0.0127. The normalized spacial score (nSPS) is 29.0. The van der Waals surface area contributed by atoms with Crippen molar-refractivity contribution < 1.29 is 28.6 Å². The van der Waals surface area contributed by atoms with E-state index < -0.39 is 41.3 Å². The van der Waals surface area contributed by atoms with Gasteiger partial charge in [0.2, 0.25) is 0 Å². The quantitative estimate of drug-likeness (QED) is 0.340. The number of nitrogens with two attached hydrogens (primary N) is 1. The summed E-state index contributed by atoms with van der Waals surface area (Å²) in [5.41, 5.74) is 3.23. The SMILES string of the molecule is N#C[C@@]1(n2ccc(N)nc2=O)C[C@H](COC(=O)C2CCCCC2)C(OC(=O)C2CCCCC2)C1OC(=O)C1CCCCC1. The fraction of sp³-hybridized carbons (Fsp3) is 0.750. The summed E-state index contributed by atoms with van der Waals surface area (Å²) in [6, 6.07) is 3.65. The molecule has 4 atom stereocenters. The van der Waals surface area contributed by atoms with E-state index in [1.165, 1.54) is 12.3 Å². The number of carbonyl (C=O) groups excluding carboxylic acids is 3. The van der Waals surface area contributed by atoms with E-state index in [2.05, 4.69) is 11.1 Å². The van der Waals surface area contributed by atoms with Crippen LogP contribution < -0.4 is 11.4 Å². The van der Waals surface area contributed by atoms with Gasteiger partial charge in [-0.2, -0.15) is 10.2 Å². The summed E-state index contributed by atoms with van der Waals surface area (Å²) in [6.07, 6.45) is 11.9. The highest BCUT2D eigenvalue weighted by Crippen LogP contribution is 2.45. The van der Waals surface area contributed by atoms with Gasteiger partial charge >= 0.3 is 23.6 Å². The van der Waals surface area contributed by atoms with E-state index in [1.54, 1.807) is 0 Å². The number of ether oxygens (including phenoxy) is 3. The van der Waals surface area contributed by atoms with Gasteiger partial charge in [0.1, 0.15) is 11.9 Å². The van der Waals surface area contributed by atoms with Crippen molar-refractivity contribution in [2.75, 3.05) is 12.3 Å². The van der Waals surface area contributed by atoms with Crippen LogP contribution in [-0.2, 0) is 34.1 Å². The van der Waals surface area contributed by atoms with Gasteiger partial charge in [-0.25, -0.2) is 4.79 Å². The Bertz CT molecular complexity index is 1260. The summed E-state index contributed by atoms with van der Waals surface area (Å²) < 4.78 is 19.3. The Kier molecular flexibility index (Phi) is 10.0. The van der Waals surface area contributed by atoms with Gasteiger partial charge in [0.25, 0.3) is 0 Å². The molecule has 234 valence electrons. The lowest BCUT2D eigenvalue weighted by Crippen LogP contribution is -2.52. The lowest BCUT2D eigenvalue weighted by atomic mass is 9.89. The van der Waals surface area contributed by atoms with E-state index in [0.29, 0.717) is 25.7 Å². The molecular formula is C32H44N4O7. The Morgan fingerprint density at radius 1 is 0.860 bits per heavy atom. The molecule has 11 nitrogen and oxygen atoms in total. The van der Waals surface area contributed by atoms with E-state index in [0.717, 1.165) is 75.2 Å². The van der Waals surface area contributed by atoms with Gasteiger partial charge < -0.3 is 19.9 Å². The first-order chi connectivity index (χ1) is 20.8. The molecule has 0 spiro atoms. The molecule has 11 heteroatoms. The highest BCUT2D eigenvalue weighted by atomic mass is 16.6. The van der Waals surface area contributed by atoms with Crippen LogP contribution in [0.1, 0.15) is 103 Å². The molecule has 4 fully saturated rings. The van der Waals surface area contributed by atoms with E-state index in [1.807, 2.05) is 0 Å². The largest absolute Gasteiger partial charge is 0.465 e. The Labute approximate surface area is 252 Å².